The lowest BCUT2D eigenvalue weighted by molar-refractivity contribution is 0.183. The van der Waals surface area contributed by atoms with Gasteiger partial charge in [0.1, 0.15) is 0 Å². The fraction of sp³-hybridized carbons (Fsp3) is 1.00. The molecule has 1 saturated carbocycles. The van der Waals surface area contributed by atoms with Gasteiger partial charge in [-0.15, -0.1) is 0 Å². The van der Waals surface area contributed by atoms with E-state index < -0.39 is 0 Å². The van der Waals surface area contributed by atoms with Gasteiger partial charge in [-0.05, 0) is 38.0 Å². The van der Waals surface area contributed by atoms with Crippen molar-refractivity contribution in [2.24, 2.45) is 11.8 Å². The zero-order valence-electron chi connectivity index (χ0n) is 10.5. The molecule has 1 rings (SSSR count). The van der Waals surface area contributed by atoms with Crippen LogP contribution in [0.1, 0.15) is 52.9 Å². The third-order valence-corrected chi connectivity index (χ3v) is 3.74. The first-order chi connectivity index (χ1) is 7.15. The summed E-state index contributed by atoms with van der Waals surface area (Å²) in [6.45, 7) is 7.15. The van der Waals surface area contributed by atoms with E-state index in [1.54, 1.807) is 0 Å². The fourth-order valence-corrected chi connectivity index (χ4v) is 2.81. The number of hydrogen-bond acceptors (Lipinski definition) is 2. The maximum Gasteiger partial charge on any atom is 0.0445 e. The summed E-state index contributed by atoms with van der Waals surface area (Å²) in [7, 11) is 0. The Kier molecular flexibility index (Phi) is 5.62. The van der Waals surface area contributed by atoms with Crippen molar-refractivity contribution in [3.8, 4) is 0 Å². The number of hydrogen-bond donors (Lipinski definition) is 2. The molecule has 0 saturated heterocycles. The quantitative estimate of drug-likeness (QED) is 0.735. The molecule has 2 nitrogen and oxygen atoms in total. The molecular formula is C13H27NO. The molecule has 0 amide bonds. The molecule has 90 valence electrons. The van der Waals surface area contributed by atoms with E-state index in [9.17, 15) is 0 Å². The van der Waals surface area contributed by atoms with Crippen LogP contribution in [-0.4, -0.2) is 23.8 Å². The molecule has 0 aliphatic heterocycles. The number of rotatable bonds is 5. The standard InChI is InChI=1S/C13H27NO/c1-10(2)12-6-4-5-7-13(12)14-11(3)8-9-15/h10-15H,4-9H2,1-3H3/t11-,12?,13?/m1/s1. The van der Waals surface area contributed by atoms with E-state index in [0.29, 0.717) is 18.7 Å². The molecule has 0 heterocycles. The average molecular weight is 213 g/mol. The number of aliphatic hydroxyl groups is 1. The lowest BCUT2D eigenvalue weighted by Gasteiger charge is -2.36. The van der Waals surface area contributed by atoms with Crippen molar-refractivity contribution in [3.05, 3.63) is 0 Å². The second kappa shape index (κ2) is 6.49. The Labute approximate surface area is 94.5 Å². The van der Waals surface area contributed by atoms with Crippen LogP contribution in [-0.2, 0) is 0 Å². The minimum Gasteiger partial charge on any atom is -0.396 e. The van der Waals surface area contributed by atoms with Crippen LogP contribution in [0.15, 0.2) is 0 Å². The van der Waals surface area contributed by atoms with Crippen LogP contribution in [0, 0.1) is 11.8 Å². The second-order valence-corrected chi connectivity index (χ2v) is 5.38. The predicted molar refractivity (Wildman–Crippen MR) is 64.9 cm³/mol. The Balaban J connectivity index is 2.42. The molecule has 15 heavy (non-hydrogen) atoms. The summed E-state index contributed by atoms with van der Waals surface area (Å²) >= 11 is 0. The third kappa shape index (κ3) is 4.12. The van der Waals surface area contributed by atoms with E-state index in [0.717, 1.165) is 18.3 Å². The van der Waals surface area contributed by atoms with Crippen molar-refractivity contribution >= 4 is 0 Å². The molecule has 3 atom stereocenters. The van der Waals surface area contributed by atoms with Gasteiger partial charge in [0.2, 0.25) is 0 Å². The van der Waals surface area contributed by atoms with Crippen LogP contribution < -0.4 is 5.32 Å². The number of nitrogens with one attached hydrogen (secondary N) is 1. The van der Waals surface area contributed by atoms with E-state index in [4.69, 9.17) is 5.11 Å². The van der Waals surface area contributed by atoms with Crippen LogP contribution in [0.25, 0.3) is 0 Å². The summed E-state index contributed by atoms with van der Waals surface area (Å²) in [5.74, 6) is 1.61. The van der Waals surface area contributed by atoms with E-state index in [1.807, 2.05) is 0 Å². The van der Waals surface area contributed by atoms with Crippen molar-refractivity contribution in [2.45, 2.75) is 65.0 Å². The minimum absolute atomic E-state index is 0.299. The van der Waals surface area contributed by atoms with Gasteiger partial charge >= 0.3 is 0 Å². The van der Waals surface area contributed by atoms with Crippen LogP contribution in [0.2, 0.25) is 0 Å². The van der Waals surface area contributed by atoms with E-state index in [-0.39, 0.29) is 0 Å². The molecular weight excluding hydrogens is 186 g/mol. The largest absolute Gasteiger partial charge is 0.396 e. The lowest BCUT2D eigenvalue weighted by Crippen LogP contribution is -2.45. The molecule has 0 spiro atoms. The van der Waals surface area contributed by atoms with E-state index in [2.05, 4.69) is 26.1 Å². The van der Waals surface area contributed by atoms with Crippen molar-refractivity contribution in [2.75, 3.05) is 6.61 Å². The van der Waals surface area contributed by atoms with Gasteiger partial charge in [-0.25, -0.2) is 0 Å². The van der Waals surface area contributed by atoms with Gasteiger partial charge in [-0.3, -0.25) is 0 Å². The van der Waals surface area contributed by atoms with Crippen LogP contribution in [0.5, 0.6) is 0 Å². The average Bonchev–Trinajstić information content (AvgIpc) is 2.18. The molecule has 0 radical (unpaired) electrons. The van der Waals surface area contributed by atoms with Gasteiger partial charge < -0.3 is 10.4 Å². The highest BCUT2D eigenvalue weighted by molar-refractivity contribution is 4.84. The van der Waals surface area contributed by atoms with E-state index in [1.165, 1.54) is 25.7 Å². The molecule has 0 aromatic carbocycles. The molecule has 2 N–H and O–H groups in total. The highest BCUT2D eigenvalue weighted by Gasteiger charge is 2.27. The molecule has 2 heteroatoms. The summed E-state index contributed by atoms with van der Waals surface area (Å²) in [6.07, 6.45) is 6.34. The van der Waals surface area contributed by atoms with Crippen LogP contribution >= 0.6 is 0 Å². The van der Waals surface area contributed by atoms with Crippen LogP contribution in [0.3, 0.4) is 0 Å². The summed E-state index contributed by atoms with van der Waals surface area (Å²) in [5.41, 5.74) is 0. The zero-order valence-corrected chi connectivity index (χ0v) is 10.5. The Morgan fingerprint density at radius 2 is 1.87 bits per heavy atom. The Morgan fingerprint density at radius 1 is 1.20 bits per heavy atom. The highest BCUT2D eigenvalue weighted by atomic mass is 16.3. The summed E-state index contributed by atoms with van der Waals surface area (Å²) in [4.78, 5) is 0. The van der Waals surface area contributed by atoms with Gasteiger partial charge in [0.15, 0.2) is 0 Å². The molecule has 0 aromatic heterocycles. The van der Waals surface area contributed by atoms with Gasteiger partial charge in [-0.1, -0.05) is 26.7 Å². The third-order valence-electron chi connectivity index (χ3n) is 3.74. The zero-order chi connectivity index (χ0) is 11.3. The molecule has 1 fully saturated rings. The first kappa shape index (κ1) is 13.0. The Bertz CT molecular complexity index is 170. The molecule has 1 aliphatic rings. The normalized spacial score (nSPS) is 29.4. The summed E-state index contributed by atoms with van der Waals surface area (Å²) < 4.78 is 0. The molecule has 0 aromatic rings. The minimum atomic E-state index is 0.299. The fourth-order valence-electron chi connectivity index (χ4n) is 2.81. The lowest BCUT2D eigenvalue weighted by atomic mass is 9.77. The van der Waals surface area contributed by atoms with E-state index >= 15 is 0 Å². The van der Waals surface area contributed by atoms with Crippen molar-refractivity contribution in [1.29, 1.82) is 0 Å². The van der Waals surface area contributed by atoms with Gasteiger partial charge in [0.05, 0.1) is 0 Å². The first-order valence-electron chi connectivity index (χ1n) is 6.52. The van der Waals surface area contributed by atoms with Gasteiger partial charge in [0.25, 0.3) is 0 Å². The van der Waals surface area contributed by atoms with Gasteiger partial charge in [-0.2, -0.15) is 0 Å². The Hall–Kier alpha value is -0.0800. The van der Waals surface area contributed by atoms with Crippen molar-refractivity contribution < 1.29 is 5.11 Å². The van der Waals surface area contributed by atoms with Crippen molar-refractivity contribution in [3.63, 3.8) is 0 Å². The molecule has 2 unspecified atom stereocenters. The topological polar surface area (TPSA) is 32.3 Å². The maximum atomic E-state index is 8.90. The second-order valence-electron chi connectivity index (χ2n) is 5.38. The summed E-state index contributed by atoms with van der Waals surface area (Å²) in [5, 5.41) is 12.6. The maximum absolute atomic E-state index is 8.90. The SMILES string of the molecule is CC(C)C1CCCCC1N[C@H](C)CCO. The Morgan fingerprint density at radius 3 is 2.47 bits per heavy atom. The predicted octanol–water partition coefficient (Wildman–Crippen LogP) is 2.56. The first-order valence-corrected chi connectivity index (χ1v) is 6.52. The van der Waals surface area contributed by atoms with Gasteiger partial charge in [0, 0.05) is 18.7 Å². The molecule has 0 bridgehead atoms. The monoisotopic (exact) mass is 213 g/mol. The van der Waals surface area contributed by atoms with Crippen molar-refractivity contribution in [1.82, 2.24) is 5.32 Å². The number of aliphatic hydroxyl groups excluding tert-OH is 1. The molecule has 1 aliphatic carbocycles. The van der Waals surface area contributed by atoms with Crippen LogP contribution in [0.4, 0.5) is 0 Å². The smallest absolute Gasteiger partial charge is 0.0445 e. The summed E-state index contributed by atoms with van der Waals surface area (Å²) in [6, 6.07) is 1.14. The highest BCUT2D eigenvalue weighted by Crippen LogP contribution is 2.30.